The Morgan fingerprint density at radius 1 is 0.376 bits per heavy atom. The molecule has 5 aromatic rings. The maximum Gasteiger partial charge on any atom is 2.00 e. The number of aromatic nitrogens is 4. The van der Waals surface area contributed by atoms with Crippen LogP contribution in [-0.4, -0.2) is 23.1 Å². The molecule has 0 N–H and O–H groups in total. The zero-order chi connectivity index (χ0) is 59.2. The molecule has 85 heavy (non-hydrogen) atoms. The third-order valence-electron chi connectivity index (χ3n) is 15.3. The number of fused-ring (bicyclic) bond motifs is 8. The molecular weight excluding hydrogens is 1080 g/mol. The predicted octanol–water partition coefficient (Wildman–Crippen LogP) is 18.6. The summed E-state index contributed by atoms with van der Waals surface area (Å²) in [5, 5.41) is 0. The topological polar surface area (TPSA) is 57.2 Å². The Hall–Kier alpha value is -7.62. The van der Waals surface area contributed by atoms with Gasteiger partial charge in [-0.3, -0.25) is 0 Å². The minimum Gasteiger partial charge on any atom is -0.656 e. The molecule has 432 valence electrons. The van der Waals surface area contributed by atoms with Crippen molar-refractivity contribution in [2.24, 2.45) is 0 Å². The number of hydrogen-bond donors (Lipinski definition) is 0. The van der Waals surface area contributed by atoms with Crippen LogP contribution in [0.3, 0.4) is 0 Å². The first-order chi connectivity index (χ1) is 41.4. The normalized spacial score (nSPS) is 10.6. The van der Waals surface area contributed by atoms with E-state index >= 15 is 0 Å². The maximum atomic E-state index is 5.46. The Bertz CT molecular complexity index is 3460. The number of nitrogens with zero attached hydrogens (tertiary/aromatic N) is 5. The van der Waals surface area contributed by atoms with Gasteiger partial charge in [-0.25, -0.2) is 9.97 Å². The van der Waals surface area contributed by atoms with Crippen LogP contribution in [-0.2, 0) is 32.3 Å². The van der Waals surface area contributed by atoms with E-state index in [4.69, 9.17) is 32.8 Å². The fraction of sp³-hybridized carbons (Fsp3) is 0.418. The number of rotatable bonds is 29. The van der Waals surface area contributed by atoms with E-state index in [1.807, 2.05) is 0 Å². The Labute approximate surface area is 526 Å². The standard InChI is InChI=1S/C69H87N5.C10H2.Zn/c1-6-10-14-18-20-22-24-26-30-58-62-44-48-66(70-62)60(42-38-55-34-32-54(5)33-35-55)67-49-45-63(71-67)59(31-27-25-23-21-19-15-11-7-2)65-47-51-69(73-65)61(68-50-46-64(58)72-68)43-39-56-36-40-57(41-37-56)74(52-28-16-12-8-3)53-29-17-13-9-4;1-3-5-7-9-10-8-6-4-2;/h32-37,40-41,44-51H,6-31,52-53H2,1-5H3;1-2H;/q-2;;+2. The van der Waals surface area contributed by atoms with Gasteiger partial charge >= 0.3 is 19.5 Å². The van der Waals surface area contributed by atoms with E-state index in [9.17, 15) is 0 Å². The van der Waals surface area contributed by atoms with E-state index in [1.165, 1.54) is 153 Å². The van der Waals surface area contributed by atoms with Crippen molar-refractivity contribution in [2.75, 3.05) is 18.0 Å². The summed E-state index contributed by atoms with van der Waals surface area (Å²) in [6, 6.07) is 26.1. The van der Waals surface area contributed by atoms with Crippen molar-refractivity contribution in [3.05, 3.63) is 135 Å². The summed E-state index contributed by atoms with van der Waals surface area (Å²) in [7, 11) is 0. The molecule has 8 bridgehead atoms. The van der Waals surface area contributed by atoms with E-state index in [0.717, 1.165) is 117 Å². The Morgan fingerprint density at radius 3 is 1.12 bits per heavy atom. The summed E-state index contributed by atoms with van der Waals surface area (Å²) in [5.41, 5.74) is 15.7. The molecule has 2 aliphatic rings. The van der Waals surface area contributed by atoms with Gasteiger partial charge in [0.25, 0.3) is 0 Å². The molecule has 0 radical (unpaired) electrons. The molecule has 0 amide bonds. The molecule has 7 rings (SSSR count). The van der Waals surface area contributed by atoms with Crippen molar-refractivity contribution in [3.8, 4) is 83.9 Å². The van der Waals surface area contributed by atoms with Crippen LogP contribution in [0.1, 0.15) is 244 Å². The summed E-state index contributed by atoms with van der Waals surface area (Å²) >= 11 is 0. The van der Waals surface area contributed by atoms with Gasteiger partial charge in [-0.05, 0) is 165 Å². The molecule has 2 aliphatic heterocycles. The van der Waals surface area contributed by atoms with E-state index in [2.05, 4.69) is 208 Å². The molecule has 0 aliphatic carbocycles. The SMILES string of the molecule is C#CC#CC#CC#CC#C.CCCCCCCCCCc1c2nc(c(C#Cc3ccc(N(CCCCCC)CCCCCC)cc3)c3ccc([n-]3)c(CCCCCCCCCC)c3nc(c(C#Cc4ccc(C)cc4)c4ccc1[n-]4)C=C3)C=C2.[Zn+2]. The first kappa shape index (κ1) is 68.2. The van der Waals surface area contributed by atoms with Crippen LogP contribution in [0.4, 0.5) is 5.69 Å². The fourth-order valence-electron chi connectivity index (χ4n) is 10.5. The Balaban J connectivity index is 0.00000110. The van der Waals surface area contributed by atoms with Crippen molar-refractivity contribution >= 4 is 52.1 Å². The molecule has 3 aromatic heterocycles. The van der Waals surface area contributed by atoms with Gasteiger partial charge in [0.2, 0.25) is 0 Å². The molecule has 0 spiro atoms. The minimum absolute atomic E-state index is 0. The second-order valence-electron chi connectivity index (χ2n) is 22.1. The summed E-state index contributed by atoms with van der Waals surface area (Å²) < 4.78 is 0. The largest absolute Gasteiger partial charge is 2.00 e. The van der Waals surface area contributed by atoms with Crippen molar-refractivity contribution in [3.63, 3.8) is 0 Å². The molecule has 0 saturated carbocycles. The molecule has 5 heterocycles. The average Bonchev–Trinajstić information content (AvgIpc) is 3.70. The van der Waals surface area contributed by atoms with Crippen LogP contribution in [0, 0.1) is 90.8 Å². The van der Waals surface area contributed by atoms with Crippen molar-refractivity contribution in [1.82, 2.24) is 19.9 Å². The number of terminal acetylenes is 2. The van der Waals surface area contributed by atoms with Gasteiger partial charge in [0.15, 0.2) is 0 Å². The van der Waals surface area contributed by atoms with Gasteiger partial charge in [0, 0.05) is 41.0 Å². The number of unbranched alkanes of at least 4 members (excludes halogenated alkanes) is 20. The molecule has 0 fully saturated rings. The van der Waals surface area contributed by atoms with E-state index in [1.54, 1.807) is 0 Å². The summed E-state index contributed by atoms with van der Waals surface area (Å²) in [4.78, 5) is 24.4. The first-order valence-corrected chi connectivity index (χ1v) is 31.8. The smallest absolute Gasteiger partial charge is 0.656 e. The molecule has 5 nitrogen and oxygen atoms in total. The van der Waals surface area contributed by atoms with Gasteiger partial charge < -0.3 is 14.9 Å². The first-order valence-electron chi connectivity index (χ1n) is 31.8. The number of benzene rings is 2. The predicted molar refractivity (Wildman–Crippen MR) is 360 cm³/mol. The van der Waals surface area contributed by atoms with E-state index < -0.39 is 0 Å². The van der Waals surface area contributed by atoms with Crippen LogP contribution in [0.5, 0.6) is 0 Å². The molecule has 2 aromatic carbocycles. The van der Waals surface area contributed by atoms with Gasteiger partial charge in [0.1, 0.15) is 0 Å². The van der Waals surface area contributed by atoms with Crippen LogP contribution in [0.2, 0.25) is 0 Å². The number of hydrogen-bond acceptors (Lipinski definition) is 3. The van der Waals surface area contributed by atoms with Crippen molar-refractivity contribution < 1.29 is 19.5 Å². The quantitative estimate of drug-likeness (QED) is 0.0266. The summed E-state index contributed by atoms with van der Waals surface area (Å²) in [6.07, 6.45) is 50.4. The van der Waals surface area contributed by atoms with Crippen LogP contribution in [0.25, 0.3) is 46.4 Å². The van der Waals surface area contributed by atoms with Gasteiger partial charge in [-0.2, -0.15) is 0 Å². The maximum absolute atomic E-state index is 5.46. The van der Waals surface area contributed by atoms with E-state index in [0.29, 0.717) is 0 Å². The minimum atomic E-state index is 0. The average molecular weight is 1170 g/mol. The Morgan fingerprint density at radius 2 is 0.718 bits per heavy atom. The fourth-order valence-corrected chi connectivity index (χ4v) is 10.5. The van der Waals surface area contributed by atoms with Gasteiger partial charge in [0.05, 0.1) is 22.8 Å². The second kappa shape index (κ2) is 40.6. The zero-order valence-electron chi connectivity index (χ0n) is 52.1. The zero-order valence-corrected chi connectivity index (χ0v) is 55.1. The molecule has 0 atom stereocenters. The van der Waals surface area contributed by atoms with Crippen LogP contribution in [0.15, 0.2) is 72.8 Å². The second-order valence-corrected chi connectivity index (χ2v) is 22.1. The number of aryl methyl sites for hydroxylation is 3. The molecule has 0 unspecified atom stereocenters. The van der Waals surface area contributed by atoms with Crippen LogP contribution >= 0.6 is 0 Å². The third kappa shape index (κ3) is 23.8. The molecule has 6 heteroatoms. The molecular formula is C79H89N5Zn. The summed E-state index contributed by atoms with van der Waals surface area (Å²) in [5.74, 6) is 32.7. The number of anilines is 1. The van der Waals surface area contributed by atoms with Gasteiger partial charge in [-0.15, -0.1) is 34.9 Å². The Kier molecular flexibility index (Phi) is 32.6. The molecule has 0 saturated heterocycles. The monoisotopic (exact) mass is 1170 g/mol. The van der Waals surface area contributed by atoms with Gasteiger partial charge in [-0.1, -0.05) is 222 Å². The van der Waals surface area contributed by atoms with Crippen LogP contribution < -0.4 is 14.9 Å². The van der Waals surface area contributed by atoms with Crippen molar-refractivity contribution in [2.45, 2.75) is 202 Å². The summed E-state index contributed by atoms with van der Waals surface area (Å²) in [6.45, 7) is 13.5. The van der Waals surface area contributed by atoms with E-state index in [-0.39, 0.29) is 19.5 Å². The van der Waals surface area contributed by atoms with Crippen molar-refractivity contribution in [1.29, 1.82) is 0 Å². The third-order valence-corrected chi connectivity index (χ3v) is 15.3.